The van der Waals surface area contributed by atoms with E-state index in [0.717, 1.165) is 31.5 Å². The van der Waals surface area contributed by atoms with E-state index in [1.54, 1.807) is 6.20 Å². The Kier molecular flexibility index (Phi) is 6.19. The van der Waals surface area contributed by atoms with Crippen LogP contribution in [0.2, 0.25) is 0 Å². The van der Waals surface area contributed by atoms with Crippen molar-refractivity contribution < 1.29 is 9.90 Å². The first-order valence-corrected chi connectivity index (χ1v) is 8.19. The zero-order valence-electron chi connectivity index (χ0n) is 13.5. The van der Waals surface area contributed by atoms with E-state index < -0.39 is 0 Å². The smallest absolute Gasteiger partial charge is 0.223 e. The Morgan fingerprint density at radius 2 is 2.05 bits per heavy atom. The van der Waals surface area contributed by atoms with Crippen LogP contribution >= 0.6 is 0 Å². The lowest BCUT2D eigenvalue weighted by Crippen LogP contribution is -2.45. The van der Waals surface area contributed by atoms with Crippen molar-refractivity contribution in [2.45, 2.75) is 51.6 Å². The van der Waals surface area contributed by atoms with E-state index in [9.17, 15) is 9.90 Å². The third-order valence-electron chi connectivity index (χ3n) is 4.44. The first-order chi connectivity index (χ1) is 10.6. The van der Waals surface area contributed by atoms with Gasteiger partial charge in [-0.25, -0.2) is 4.98 Å². The maximum Gasteiger partial charge on any atom is 0.223 e. The highest BCUT2D eigenvalue weighted by Gasteiger charge is 2.28. The minimum absolute atomic E-state index is 0.0000161. The molecule has 1 heterocycles. The minimum atomic E-state index is -0.142. The van der Waals surface area contributed by atoms with Gasteiger partial charge in [-0.15, -0.1) is 0 Å². The molecule has 5 heteroatoms. The second-order valence-corrected chi connectivity index (χ2v) is 6.45. The Morgan fingerprint density at radius 3 is 2.59 bits per heavy atom. The Bertz CT molecular complexity index is 456. The van der Waals surface area contributed by atoms with Crippen LogP contribution in [0.15, 0.2) is 24.4 Å². The van der Waals surface area contributed by atoms with Gasteiger partial charge in [-0.2, -0.15) is 0 Å². The van der Waals surface area contributed by atoms with Crippen molar-refractivity contribution in [3.05, 3.63) is 24.4 Å². The normalized spacial score (nSPS) is 23.1. The molecule has 1 amide bonds. The van der Waals surface area contributed by atoms with Gasteiger partial charge in [0.2, 0.25) is 5.91 Å². The molecule has 5 nitrogen and oxygen atoms in total. The predicted octanol–water partition coefficient (Wildman–Crippen LogP) is 2.19. The van der Waals surface area contributed by atoms with Gasteiger partial charge in [0.25, 0.3) is 0 Å². The summed E-state index contributed by atoms with van der Waals surface area (Å²) >= 11 is 0. The largest absolute Gasteiger partial charge is 0.394 e. The van der Waals surface area contributed by atoms with Gasteiger partial charge in [-0.1, -0.05) is 19.9 Å². The molecule has 0 unspecified atom stereocenters. The molecule has 1 aliphatic rings. The Hall–Kier alpha value is -1.62. The Labute approximate surface area is 132 Å². The Balaban J connectivity index is 1.78. The van der Waals surface area contributed by atoms with Gasteiger partial charge >= 0.3 is 0 Å². The first kappa shape index (κ1) is 16.7. The van der Waals surface area contributed by atoms with Gasteiger partial charge in [-0.3, -0.25) is 4.79 Å². The molecule has 0 spiro atoms. The summed E-state index contributed by atoms with van der Waals surface area (Å²) in [5.74, 6) is 1.30. The molecule has 0 aliphatic heterocycles. The number of nitrogens with one attached hydrogen (secondary N) is 2. The lowest BCUT2D eigenvalue weighted by atomic mass is 9.85. The number of anilines is 1. The number of aliphatic hydroxyl groups is 1. The predicted molar refractivity (Wildman–Crippen MR) is 87.5 cm³/mol. The van der Waals surface area contributed by atoms with Crippen LogP contribution in [-0.4, -0.2) is 34.7 Å². The van der Waals surface area contributed by atoms with Crippen LogP contribution in [0.5, 0.6) is 0 Å². The topological polar surface area (TPSA) is 74.2 Å². The molecule has 0 bridgehead atoms. The first-order valence-electron chi connectivity index (χ1n) is 8.19. The average molecular weight is 305 g/mol. The fraction of sp³-hybridized carbons (Fsp3) is 0.647. The number of amides is 1. The van der Waals surface area contributed by atoms with E-state index in [-0.39, 0.29) is 30.4 Å². The zero-order chi connectivity index (χ0) is 15.9. The van der Waals surface area contributed by atoms with Crippen LogP contribution in [0.3, 0.4) is 0 Å². The van der Waals surface area contributed by atoms with Crippen molar-refractivity contribution in [2.75, 3.05) is 11.9 Å². The second kappa shape index (κ2) is 8.13. The molecular formula is C17H27N3O2. The third kappa shape index (κ3) is 4.70. The summed E-state index contributed by atoms with van der Waals surface area (Å²) in [4.78, 5) is 16.6. The van der Waals surface area contributed by atoms with Crippen molar-refractivity contribution in [1.29, 1.82) is 0 Å². The maximum atomic E-state index is 12.3. The molecule has 2 rings (SSSR count). The van der Waals surface area contributed by atoms with Gasteiger partial charge in [-0.05, 0) is 43.7 Å². The van der Waals surface area contributed by atoms with Crippen molar-refractivity contribution in [3.63, 3.8) is 0 Å². The molecule has 22 heavy (non-hydrogen) atoms. The molecule has 1 fully saturated rings. The molecule has 3 N–H and O–H groups in total. The summed E-state index contributed by atoms with van der Waals surface area (Å²) in [6, 6.07) is 6.08. The van der Waals surface area contributed by atoms with Crippen molar-refractivity contribution >= 4 is 11.7 Å². The standard InChI is InChI=1S/C17H27N3O2/c1-12(2)15(11-21)20-17(22)13-6-8-14(9-7-13)19-16-5-3-4-10-18-16/h3-5,10,12-15,21H,6-9,11H2,1-2H3,(H,18,19)(H,20,22)/t13?,14?,15-/m1/s1. The molecule has 0 saturated heterocycles. The molecule has 0 radical (unpaired) electrons. The van der Waals surface area contributed by atoms with E-state index >= 15 is 0 Å². The number of rotatable bonds is 6. The monoisotopic (exact) mass is 305 g/mol. The van der Waals surface area contributed by atoms with Crippen molar-refractivity contribution in [2.24, 2.45) is 11.8 Å². The van der Waals surface area contributed by atoms with Crippen LogP contribution in [0.1, 0.15) is 39.5 Å². The number of hydrogen-bond donors (Lipinski definition) is 3. The van der Waals surface area contributed by atoms with Gasteiger partial charge in [0.1, 0.15) is 5.82 Å². The summed E-state index contributed by atoms with van der Waals surface area (Å²) in [5.41, 5.74) is 0. The molecule has 1 aliphatic carbocycles. The molecule has 1 saturated carbocycles. The van der Waals surface area contributed by atoms with E-state index in [1.807, 2.05) is 32.0 Å². The molecule has 122 valence electrons. The second-order valence-electron chi connectivity index (χ2n) is 6.45. The summed E-state index contributed by atoms with van der Waals surface area (Å²) in [6.07, 6.45) is 5.49. The highest BCUT2D eigenvalue weighted by Crippen LogP contribution is 2.26. The maximum absolute atomic E-state index is 12.3. The average Bonchev–Trinajstić information content (AvgIpc) is 2.53. The molecular weight excluding hydrogens is 278 g/mol. The van der Waals surface area contributed by atoms with Gasteiger partial charge in [0.05, 0.1) is 12.6 Å². The summed E-state index contributed by atoms with van der Waals surface area (Å²) in [5, 5.41) is 15.7. The van der Waals surface area contributed by atoms with Gasteiger partial charge < -0.3 is 15.7 Å². The number of aliphatic hydroxyl groups excluding tert-OH is 1. The van der Waals surface area contributed by atoms with Crippen LogP contribution in [0, 0.1) is 11.8 Å². The summed E-state index contributed by atoms with van der Waals surface area (Å²) in [7, 11) is 0. The zero-order valence-corrected chi connectivity index (χ0v) is 13.5. The highest BCUT2D eigenvalue weighted by atomic mass is 16.3. The fourth-order valence-electron chi connectivity index (χ4n) is 2.88. The minimum Gasteiger partial charge on any atom is -0.394 e. The van der Waals surface area contributed by atoms with Crippen molar-refractivity contribution in [3.8, 4) is 0 Å². The van der Waals surface area contributed by atoms with Gasteiger partial charge in [0.15, 0.2) is 0 Å². The fourth-order valence-corrected chi connectivity index (χ4v) is 2.88. The van der Waals surface area contributed by atoms with Crippen LogP contribution in [0.4, 0.5) is 5.82 Å². The molecule has 1 atom stereocenters. The molecule has 1 aromatic rings. The molecule has 1 aromatic heterocycles. The van der Waals surface area contributed by atoms with E-state index in [0.29, 0.717) is 6.04 Å². The van der Waals surface area contributed by atoms with Gasteiger partial charge in [0, 0.05) is 18.2 Å². The number of carbonyl (C=O) groups is 1. The number of carbonyl (C=O) groups excluding carboxylic acids is 1. The highest BCUT2D eigenvalue weighted by molar-refractivity contribution is 5.79. The van der Waals surface area contributed by atoms with E-state index in [4.69, 9.17) is 0 Å². The number of nitrogens with zero attached hydrogens (tertiary/aromatic N) is 1. The number of aromatic nitrogens is 1. The SMILES string of the molecule is CC(C)[C@@H](CO)NC(=O)C1CCC(Nc2ccccn2)CC1. The van der Waals surface area contributed by atoms with Crippen molar-refractivity contribution in [1.82, 2.24) is 10.3 Å². The Morgan fingerprint density at radius 1 is 1.32 bits per heavy atom. The third-order valence-corrected chi connectivity index (χ3v) is 4.44. The summed E-state index contributed by atoms with van der Waals surface area (Å²) in [6.45, 7) is 4.02. The van der Waals surface area contributed by atoms with Crippen LogP contribution in [0.25, 0.3) is 0 Å². The van der Waals surface area contributed by atoms with Crippen LogP contribution in [-0.2, 0) is 4.79 Å². The van der Waals surface area contributed by atoms with Crippen LogP contribution < -0.4 is 10.6 Å². The molecule has 0 aromatic carbocycles. The quantitative estimate of drug-likeness (QED) is 0.753. The van der Waals surface area contributed by atoms with E-state index in [2.05, 4.69) is 15.6 Å². The lowest BCUT2D eigenvalue weighted by Gasteiger charge is -2.30. The van der Waals surface area contributed by atoms with E-state index in [1.165, 1.54) is 0 Å². The number of hydrogen-bond acceptors (Lipinski definition) is 4. The number of pyridine rings is 1. The summed E-state index contributed by atoms with van der Waals surface area (Å²) < 4.78 is 0. The lowest BCUT2D eigenvalue weighted by molar-refractivity contribution is -0.127.